The van der Waals surface area contributed by atoms with Crippen LogP contribution in [0.15, 0.2) is 42.5 Å². The van der Waals surface area contributed by atoms with Gasteiger partial charge in [0.05, 0.1) is 24.5 Å². The van der Waals surface area contributed by atoms with Crippen LogP contribution in [-0.4, -0.2) is 29.9 Å². The SMILES string of the molecule is COc1ccc2c(c1)C(c1cccc([N+](=O)[O-])c1)N(C)C(=O)C2. The molecule has 0 fully saturated rings. The van der Waals surface area contributed by atoms with E-state index >= 15 is 0 Å². The van der Waals surface area contributed by atoms with E-state index < -0.39 is 4.92 Å². The van der Waals surface area contributed by atoms with Gasteiger partial charge >= 0.3 is 0 Å². The number of carbonyl (C=O) groups is 1. The van der Waals surface area contributed by atoms with Gasteiger partial charge in [0.25, 0.3) is 5.69 Å². The lowest BCUT2D eigenvalue weighted by molar-refractivity contribution is -0.384. The molecule has 0 radical (unpaired) electrons. The summed E-state index contributed by atoms with van der Waals surface area (Å²) < 4.78 is 5.28. The molecule has 0 bridgehead atoms. The number of ether oxygens (including phenoxy) is 1. The van der Waals surface area contributed by atoms with Crippen molar-refractivity contribution in [2.45, 2.75) is 12.5 Å². The van der Waals surface area contributed by atoms with Gasteiger partial charge in [-0.05, 0) is 28.8 Å². The Bertz CT molecular complexity index is 788. The van der Waals surface area contributed by atoms with E-state index in [2.05, 4.69) is 0 Å². The van der Waals surface area contributed by atoms with Crippen LogP contribution in [0.5, 0.6) is 5.75 Å². The molecule has 0 aromatic heterocycles. The van der Waals surface area contributed by atoms with Crippen LogP contribution in [0.1, 0.15) is 22.7 Å². The van der Waals surface area contributed by atoms with Crippen molar-refractivity contribution in [3.8, 4) is 5.75 Å². The lowest BCUT2D eigenvalue weighted by atomic mass is 9.88. The molecule has 0 saturated carbocycles. The zero-order chi connectivity index (χ0) is 16.6. The van der Waals surface area contributed by atoms with Crippen LogP contribution in [0, 0.1) is 10.1 Å². The van der Waals surface area contributed by atoms with Crippen molar-refractivity contribution in [3.63, 3.8) is 0 Å². The van der Waals surface area contributed by atoms with Gasteiger partial charge in [-0.2, -0.15) is 0 Å². The van der Waals surface area contributed by atoms with E-state index in [1.165, 1.54) is 12.1 Å². The van der Waals surface area contributed by atoms with Crippen molar-refractivity contribution in [2.24, 2.45) is 0 Å². The summed E-state index contributed by atoms with van der Waals surface area (Å²) in [5, 5.41) is 11.0. The Kier molecular flexibility index (Phi) is 3.73. The molecule has 3 rings (SSSR count). The molecule has 0 N–H and O–H groups in total. The fourth-order valence-electron chi connectivity index (χ4n) is 2.97. The van der Waals surface area contributed by atoms with Crippen molar-refractivity contribution in [1.82, 2.24) is 4.90 Å². The molecule has 0 aliphatic carbocycles. The van der Waals surface area contributed by atoms with Gasteiger partial charge in [0.1, 0.15) is 5.75 Å². The fraction of sp³-hybridized carbons (Fsp3) is 0.235. The first-order valence-electron chi connectivity index (χ1n) is 7.18. The van der Waals surface area contributed by atoms with Crippen LogP contribution in [0.4, 0.5) is 5.69 Å². The summed E-state index contributed by atoms with van der Waals surface area (Å²) in [4.78, 5) is 24.5. The Balaban J connectivity index is 2.16. The first kappa shape index (κ1) is 15.0. The fourth-order valence-corrected chi connectivity index (χ4v) is 2.97. The first-order valence-corrected chi connectivity index (χ1v) is 7.18. The quantitative estimate of drug-likeness (QED) is 0.645. The molecule has 0 saturated heterocycles. The normalized spacial score (nSPS) is 16.9. The average Bonchev–Trinajstić information content (AvgIpc) is 2.55. The first-order chi connectivity index (χ1) is 11.0. The number of carbonyl (C=O) groups excluding carboxylic acids is 1. The van der Waals surface area contributed by atoms with Gasteiger partial charge in [0.2, 0.25) is 5.91 Å². The largest absolute Gasteiger partial charge is 0.497 e. The summed E-state index contributed by atoms with van der Waals surface area (Å²) >= 11 is 0. The van der Waals surface area contributed by atoms with Crippen LogP contribution >= 0.6 is 0 Å². The molecule has 1 amide bonds. The van der Waals surface area contributed by atoms with Crippen molar-refractivity contribution < 1.29 is 14.5 Å². The van der Waals surface area contributed by atoms with Gasteiger partial charge in [-0.1, -0.05) is 18.2 Å². The number of benzene rings is 2. The van der Waals surface area contributed by atoms with Gasteiger partial charge in [0, 0.05) is 19.2 Å². The summed E-state index contributed by atoms with van der Waals surface area (Å²) in [6.45, 7) is 0. The highest BCUT2D eigenvalue weighted by molar-refractivity contribution is 5.82. The molecule has 1 aliphatic heterocycles. The lowest BCUT2D eigenvalue weighted by Gasteiger charge is -2.35. The number of amides is 1. The van der Waals surface area contributed by atoms with Crippen LogP contribution in [0.25, 0.3) is 0 Å². The number of nitro groups is 1. The van der Waals surface area contributed by atoms with E-state index in [-0.39, 0.29) is 17.6 Å². The second kappa shape index (κ2) is 5.72. The van der Waals surface area contributed by atoms with Crippen LogP contribution in [-0.2, 0) is 11.2 Å². The third kappa shape index (κ3) is 2.63. The zero-order valence-electron chi connectivity index (χ0n) is 12.9. The monoisotopic (exact) mass is 312 g/mol. The predicted molar refractivity (Wildman–Crippen MR) is 84.4 cm³/mol. The summed E-state index contributed by atoms with van der Waals surface area (Å²) in [5.41, 5.74) is 2.58. The van der Waals surface area contributed by atoms with E-state index in [0.29, 0.717) is 17.7 Å². The number of non-ortho nitro benzene ring substituents is 1. The summed E-state index contributed by atoms with van der Waals surface area (Å²) in [6.07, 6.45) is 0.321. The van der Waals surface area contributed by atoms with Gasteiger partial charge in [-0.15, -0.1) is 0 Å². The maximum atomic E-state index is 12.3. The molecule has 1 unspecified atom stereocenters. The Morgan fingerprint density at radius 1 is 1.26 bits per heavy atom. The molecule has 1 heterocycles. The van der Waals surface area contributed by atoms with E-state index in [1.54, 1.807) is 31.2 Å². The molecule has 1 atom stereocenters. The smallest absolute Gasteiger partial charge is 0.269 e. The number of nitro benzene ring substituents is 1. The van der Waals surface area contributed by atoms with Crippen molar-refractivity contribution in [3.05, 3.63) is 69.3 Å². The maximum absolute atomic E-state index is 12.3. The number of likely N-dealkylation sites (N-methyl/N-ethyl adjacent to an activating group) is 1. The van der Waals surface area contributed by atoms with Crippen molar-refractivity contribution >= 4 is 11.6 Å². The molecule has 1 aliphatic rings. The molecule has 2 aromatic carbocycles. The minimum Gasteiger partial charge on any atom is -0.497 e. The number of fused-ring (bicyclic) bond motifs is 1. The zero-order valence-corrected chi connectivity index (χ0v) is 12.9. The third-order valence-electron chi connectivity index (χ3n) is 4.17. The molecule has 0 spiro atoms. The lowest BCUT2D eigenvalue weighted by Crippen LogP contribution is -2.37. The number of methoxy groups -OCH3 is 1. The predicted octanol–water partition coefficient (Wildman–Crippen LogP) is 2.71. The van der Waals surface area contributed by atoms with Gasteiger partial charge < -0.3 is 9.64 Å². The minimum absolute atomic E-state index is 0.0124. The van der Waals surface area contributed by atoms with E-state index in [0.717, 1.165) is 11.1 Å². The van der Waals surface area contributed by atoms with Gasteiger partial charge in [-0.3, -0.25) is 14.9 Å². The highest BCUT2D eigenvalue weighted by atomic mass is 16.6. The molecule has 6 nitrogen and oxygen atoms in total. The summed E-state index contributed by atoms with van der Waals surface area (Å²) in [5.74, 6) is 0.682. The summed E-state index contributed by atoms with van der Waals surface area (Å²) in [6, 6.07) is 11.6. The van der Waals surface area contributed by atoms with Crippen molar-refractivity contribution in [2.75, 3.05) is 14.2 Å². The standard InChI is InChI=1S/C17H16N2O4/c1-18-16(20)9-11-6-7-14(23-2)10-15(11)17(18)12-4-3-5-13(8-12)19(21)22/h3-8,10,17H,9H2,1-2H3. The number of hydrogen-bond acceptors (Lipinski definition) is 4. The summed E-state index contributed by atoms with van der Waals surface area (Å²) in [7, 11) is 3.30. The number of hydrogen-bond donors (Lipinski definition) is 0. The molecule has 118 valence electrons. The second-order valence-electron chi connectivity index (χ2n) is 5.50. The van der Waals surface area contributed by atoms with Gasteiger partial charge in [-0.25, -0.2) is 0 Å². The third-order valence-corrected chi connectivity index (χ3v) is 4.17. The maximum Gasteiger partial charge on any atom is 0.269 e. The van der Waals surface area contributed by atoms with Crippen molar-refractivity contribution in [1.29, 1.82) is 0 Å². The van der Waals surface area contributed by atoms with E-state index in [4.69, 9.17) is 4.74 Å². The Hall–Kier alpha value is -2.89. The highest BCUT2D eigenvalue weighted by Crippen LogP contribution is 2.37. The average molecular weight is 312 g/mol. The molecular formula is C17H16N2O4. The minimum atomic E-state index is -0.430. The van der Waals surface area contributed by atoms with E-state index in [1.807, 2.05) is 18.2 Å². The van der Waals surface area contributed by atoms with Crippen LogP contribution in [0.3, 0.4) is 0 Å². The Morgan fingerprint density at radius 3 is 2.74 bits per heavy atom. The van der Waals surface area contributed by atoms with Crippen LogP contribution < -0.4 is 4.74 Å². The van der Waals surface area contributed by atoms with Crippen LogP contribution in [0.2, 0.25) is 0 Å². The molecule has 23 heavy (non-hydrogen) atoms. The number of nitrogens with zero attached hydrogens (tertiary/aromatic N) is 2. The Labute approximate surface area is 133 Å². The second-order valence-corrected chi connectivity index (χ2v) is 5.50. The molecule has 2 aromatic rings. The highest BCUT2D eigenvalue weighted by Gasteiger charge is 2.32. The topological polar surface area (TPSA) is 72.7 Å². The number of rotatable bonds is 3. The molecule has 6 heteroatoms. The van der Waals surface area contributed by atoms with Gasteiger partial charge in [0.15, 0.2) is 0 Å². The Morgan fingerprint density at radius 2 is 2.04 bits per heavy atom. The van der Waals surface area contributed by atoms with E-state index in [9.17, 15) is 14.9 Å². The molecular weight excluding hydrogens is 296 g/mol.